The predicted molar refractivity (Wildman–Crippen MR) is 66.7 cm³/mol. The van der Waals surface area contributed by atoms with Crippen molar-refractivity contribution in [1.29, 1.82) is 0 Å². The highest BCUT2D eigenvalue weighted by Gasteiger charge is 2.27. The lowest BCUT2D eigenvalue weighted by molar-refractivity contribution is 0.107. The molecule has 3 atom stereocenters. The van der Waals surface area contributed by atoms with Gasteiger partial charge >= 0.3 is 0 Å². The fourth-order valence-corrected chi connectivity index (χ4v) is 3.30. The third-order valence-electron chi connectivity index (χ3n) is 4.41. The van der Waals surface area contributed by atoms with Gasteiger partial charge in [-0.25, -0.2) is 0 Å². The van der Waals surface area contributed by atoms with Crippen molar-refractivity contribution in [2.75, 3.05) is 33.8 Å². The van der Waals surface area contributed by atoms with E-state index in [1.54, 1.807) is 0 Å². The van der Waals surface area contributed by atoms with E-state index in [9.17, 15) is 0 Å². The Bertz CT molecular complexity index is 210. The van der Waals surface area contributed by atoms with Gasteiger partial charge in [-0.1, -0.05) is 6.42 Å². The number of likely N-dealkylation sites (tertiary alicyclic amines) is 1. The zero-order valence-corrected chi connectivity index (χ0v) is 10.7. The molecule has 1 saturated heterocycles. The molecule has 0 aromatic carbocycles. The second-order valence-corrected chi connectivity index (χ2v) is 5.32. The summed E-state index contributed by atoms with van der Waals surface area (Å²) < 4.78 is 5.40. The molecule has 0 amide bonds. The van der Waals surface area contributed by atoms with E-state index in [4.69, 9.17) is 4.74 Å². The van der Waals surface area contributed by atoms with Crippen molar-refractivity contribution in [3.63, 3.8) is 0 Å². The summed E-state index contributed by atoms with van der Waals surface area (Å²) in [6.45, 7) is 3.64. The molecule has 16 heavy (non-hydrogen) atoms. The van der Waals surface area contributed by atoms with Gasteiger partial charge in [0.05, 0.1) is 6.10 Å². The lowest BCUT2D eigenvalue weighted by Gasteiger charge is -2.22. The standard InChI is InChI=1S/C13H26N2O/c1-14-13-5-3-4-11(13)6-8-15-9-7-12(10-15)16-2/h11-14H,3-10H2,1-2H3. The van der Waals surface area contributed by atoms with Crippen molar-refractivity contribution in [3.8, 4) is 0 Å². The van der Waals surface area contributed by atoms with E-state index in [0.717, 1.165) is 18.5 Å². The lowest BCUT2D eigenvalue weighted by Crippen LogP contribution is -2.32. The zero-order chi connectivity index (χ0) is 11.4. The molecular weight excluding hydrogens is 200 g/mol. The van der Waals surface area contributed by atoms with Gasteiger partial charge in [0.15, 0.2) is 0 Å². The summed E-state index contributed by atoms with van der Waals surface area (Å²) >= 11 is 0. The van der Waals surface area contributed by atoms with E-state index in [2.05, 4.69) is 17.3 Å². The van der Waals surface area contributed by atoms with Crippen molar-refractivity contribution in [2.24, 2.45) is 5.92 Å². The summed E-state index contributed by atoms with van der Waals surface area (Å²) in [5.41, 5.74) is 0. The Labute approximate surface area is 99.5 Å². The third-order valence-corrected chi connectivity index (χ3v) is 4.41. The second kappa shape index (κ2) is 5.99. The first-order chi connectivity index (χ1) is 7.83. The topological polar surface area (TPSA) is 24.5 Å². The van der Waals surface area contributed by atoms with Crippen LogP contribution in [0.5, 0.6) is 0 Å². The Morgan fingerprint density at radius 2 is 2.19 bits per heavy atom. The number of nitrogens with zero attached hydrogens (tertiary/aromatic N) is 1. The molecule has 2 rings (SSSR count). The van der Waals surface area contributed by atoms with Gasteiger partial charge < -0.3 is 15.0 Å². The first-order valence-electron chi connectivity index (χ1n) is 6.76. The van der Waals surface area contributed by atoms with Gasteiger partial charge in [-0.2, -0.15) is 0 Å². The Kier molecular flexibility index (Phi) is 4.62. The highest BCUT2D eigenvalue weighted by Crippen LogP contribution is 2.28. The molecule has 2 fully saturated rings. The normalized spacial score (nSPS) is 36.0. The summed E-state index contributed by atoms with van der Waals surface area (Å²) in [7, 11) is 3.95. The molecule has 1 saturated carbocycles. The third kappa shape index (κ3) is 2.96. The minimum atomic E-state index is 0.490. The molecule has 1 aliphatic carbocycles. The average Bonchev–Trinajstić information content (AvgIpc) is 2.94. The van der Waals surface area contributed by atoms with Crippen molar-refractivity contribution >= 4 is 0 Å². The average molecular weight is 226 g/mol. The van der Waals surface area contributed by atoms with E-state index in [1.165, 1.54) is 45.2 Å². The fraction of sp³-hybridized carbons (Fsp3) is 1.00. The van der Waals surface area contributed by atoms with E-state index in [1.807, 2.05) is 7.11 Å². The maximum Gasteiger partial charge on any atom is 0.0710 e. The van der Waals surface area contributed by atoms with Crippen molar-refractivity contribution in [2.45, 2.75) is 44.2 Å². The SMILES string of the molecule is CNC1CCCC1CCN1CCC(OC)C1. The number of hydrogen-bond acceptors (Lipinski definition) is 3. The fourth-order valence-electron chi connectivity index (χ4n) is 3.30. The van der Waals surface area contributed by atoms with Crippen LogP contribution in [-0.2, 0) is 4.74 Å². The van der Waals surface area contributed by atoms with Gasteiger partial charge in [-0.15, -0.1) is 0 Å². The van der Waals surface area contributed by atoms with Crippen LogP contribution < -0.4 is 5.32 Å². The van der Waals surface area contributed by atoms with Crippen LogP contribution in [0.2, 0.25) is 0 Å². The molecule has 94 valence electrons. The molecule has 0 radical (unpaired) electrons. The molecule has 1 heterocycles. The number of ether oxygens (including phenoxy) is 1. The Hall–Kier alpha value is -0.120. The Balaban J connectivity index is 1.67. The number of hydrogen-bond donors (Lipinski definition) is 1. The van der Waals surface area contributed by atoms with Gasteiger partial charge in [-0.05, 0) is 45.2 Å². The molecular formula is C13H26N2O. The van der Waals surface area contributed by atoms with Crippen LogP contribution in [0.25, 0.3) is 0 Å². The predicted octanol–water partition coefficient (Wildman–Crippen LogP) is 1.49. The van der Waals surface area contributed by atoms with Crippen molar-refractivity contribution < 1.29 is 4.74 Å². The molecule has 2 aliphatic rings. The molecule has 1 aliphatic heterocycles. The molecule has 0 spiro atoms. The smallest absolute Gasteiger partial charge is 0.0710 e. The summed E-state index contributed by atoms with van der Waals surface area (Å²) in [6, 6.07) is 0.779. The van der Waals surface area contributed by atoms with Gasteiger partial charge in [0.25, 0.3) is 0 Å². The molecule has 3 nitrogen and oxygen atoms in total. The van der Waals surface area contributed by atoms with Gasteiger partial charge in [0.1, 0.15) is 0 Å². The monoisotopic (exact) mass is 226 g/mol. The van der Waals surface area contributed by atoms with Crippen LogP contribution >= 0.6 is 0 Å². The van der Waals surface area contributed by atoms with Crippen LogP contribution in [-0.4, -0.2) is 50.8 Å². The maximum atomic E-state index is 5.40. The Morgan fingerprint density at radius 1 is 1.31 bits per heavy atom. The minimum absolute atomic E-state index is 0.490. The largest absolute Gasteiger partial charge is 0.380 e. The van der Waals surface area contributed by atoms with Gasteiger partial charge in [-0.3, -0.25) is 0 Å². The number of methoxy groups -OCH3 is 1. The van der Waals surface area contributed by atoms with Crippen LogP contribution in [0.15, 0.2) is 0 Å². The summed E-state index contributed by atoms with van der Waals surface area (Å²) in [5, 5.41) is 3.47. The van der Waals surface area contributed by atoms with Gasteiger partial charge in [0, 0.05) is 26.2 Å². The first-order valence-corrected chi connectivity index (χ1v) is 6.76. The molecule has 3 unspecified atom stereocenters. The molecule has 0 bridgehead atoms. The summed E-state index contributed by atoms with van der Waals surface area (Å²) in [6.07, 6.45) is 7.29. The lowest BCUT2D eigenvalue weighted by atomic mass is 9.99. The Morgan fingerprint density at radius 3 is 2.88 bits per heavy atom. The van der Waals surface area contributed by atoms with E-state index in [-0.39, 0.29) is 0 Å². The summed E-state index contributed by atoms with van der Waals surface area (Å²) in [5.74, 6) is 0.909. The van der Waals surface area contributed by atoms with Crippen LogP contribution in [0.4, 0.5) is 0 Å². The van der Waals surface area contributed by atoms with E-state index < -0.39 is 0 Å². The zero-order valence-electron chi connectivity index (χ0n) is 10.7. The van der Waals surface area contributed by atoms with Crippen LogP contribution in [0.1, 0.15) is 32.1 Å². The molecule has 0 aromatic heterocycles. The maximum absolute atomic E-state index is 5.40. The summed E-state index contributed by atoms with van der Waals surface area (Å²) in [4.78, 5) is 2.57. The van der Waals surface area contributed by atoms with Crippen LogP contribution in [0, 0.1) is 5.92 Å². The van der Waals surface area contributed by atoms with E-state index in [0.29, 0.717) is 6.10 Å². The first kappa shape index (κ1) is 12.3. The van der Waals surface area contributed by atoms with Crippen molar-refractivity contribution in [3.05, 3.63) is 0 Å². The second-order valence-electron chi connectivity index (χ2n) is 5.32. The highest BCUT2D eigenvalue weighted by atomic mass is 16.5. The van der Waals surface area contributed by atoms with Crippen LogP contribution in [0.3, 0.4) is 0 Å². The van der Waals surface area contributed by atoms with Gasteiger partial charge in [0.2, 0.25) is 0 Å². The number of nitrogens with one attached hydrogen (secondary N) is 1. The quantitative estimate of drug-likeness (QED) is 0.768. The molecule has 1 N–H and O–H groups in total. The highest BCUT2D eigenvalue weighted by molar-refractivity contribution is 4.84. The minimum Gasteiger partial charge on any atom is -0.380 e. The molecule has 0 aromatic rings. The molecule has 3 heteroatoms. The number of rotatable bonds is 5. The van der Waals surface area contributed by atoms with Crippen molar-refractivity contribution in [1.82, 2.24) is 10.2 Å². The van der Waals surface area contributed by atoms with E-state index >= 15 is 0 Å².